The molecule has 3 rings (SSSR count). The number of Topliss-reactive ketones (excluding diaryl/α,β-unsaturated/α-hetero) is 1. The Morgan fingerprint density at radius 3 is 2.59 bits per heavy atom. The fraction of sp³-hybridized carbons (Fsp3) is 0.286. The SMILES string of the molecule is CCC(=O)c1ccc(OCC(=O)N2CCSC2=Nc2ccccc2C)cc1. The molecule has 2 aromatic rings. The molecule has 2 aromatic carbocycles. The maximum Gasteiger partial charge on any atom is 0.266 e. The van der Waals surface area contributed by atoms with E-state index < -0.39 is 0 Å². The summed E-state index contributed by atoms with van der Waals surface area (Å²) in [6, 6.07) is 14.7. The average molecular weight is 382 g/mol. The van der Waals surface area contributed by atoms with Crippen LogP contribution in [0.3, 0.4) is 0 Å². The summed E-state index contributed by atoms with van der Waals surface area (Å²) in [6.07, 6.45) is 0.467. The zero-order chi connectivity index (χ0) is 19.2. The summed E-state index contributed by atoms with van der Waals surface area (Å²) in [6.45, 7) is 4.40. The maximum atomic E-state index is 12.6. The van der Waals surface area contributed by atoms with Crippen molar-refractivity contribution in [2.75, 3.05) is 18.9 Å². The molecule has 0 aromatic heterocycles. The number of carbonyl (C=O) groups is 2. The van der Waals surface area contributed by atoms with Gasteiger partial charge in [0.15, 0.2) is 17.6 Å². The second-order valence-corrected chi connectivity index (χ2v) is 7.23. The number of thioether (sulfide) groups is 1. The predicted molar refractivity (Wildman–Crippen MR) is 109 cm³/mol. The van der Waals surface area contributed by atoms with Crippen LogP contribution in [0, 0.1) is 6.92 Å². The van der Waals surface area contributed by atoms with E-state index in [1.54, 1.807) is 40.9 Å². The minimum atomic E-state index is -0.124. The van der Waals surface area contributed by atoms with Crippen LogP contribution in [0.25, 0.3) is 0 Å². The minimum absolute atomic E-state index is 0.0611. The molecule has 1 aliphatic rings. The molecule has 0 aliphatic carbocycles. The maximum absolute atomic E-state index is 12.6. The van der Waals surface area contributed by atoms with Crippen LogP contribution in [0.1, 0.15) is 29.3 Å². The predicted octanol–water partition coefficient (Wildman–Crippen LogP) is 4.23. The van der Waals surface area contributed by atoms with Gasteiger partial charge in [0, 0.05) is 24.3 Å². The molecular formula is C21H22N2O3S. The molecule has 0 radical (unpaired) electrons. The number of hydrogen-bond donors (Lipinski definition) is 0. The molecule has 0 atom stereocenters. The van der Waals surface area contributed by atoms with Crippen molar-refractivity contribution in [2.45, 2.75) is 20.3 Å². The van der Waals surface area contributed by atoms with Gasteiger partial charge in [-0.05, 0) is 42.8 Å². The standard InChI is InChI=1S/C21H22N2O3S/c1-3-19(24)16-8-10-17(11-9-16)26-14-20(25)23-12-13-27-21(23)22-18-7-5-4-6-15(18)2/h4-11H,3,12-14H2,1-2H3. The summed E-state index contributed by atoms with van der Waals surface area (Å²) < 4.78 is 5.60. The van der Waals surface area contributed by atoms with Crippen molar-refractivity contribution < 1.29 is 14.3 Å². The summed E-state index contributed by atoms with van der Waals surface area (Å²) in [5, 5.41) is 0.710. The number of carbonyl (C=O) groups excluding carboxylic acids is 2. The van der Waals surface area contributed by atoms with Crippen molar-refractivity contribution in [1.82, 2.24) is 4.90 Å². The van der Waals surface area contributed by atoms with Gasteiger partial charge in [0.05, 0.1) is 5.69 Å². The van der Waals surface area contributed by atoms with Crippen LogP contribution in [-0.4, -0.2) is 40.7 Å². The summed E-state index contributed by atoms with van der Waals surface area (Å²) in [5.74, 6) is 1.36. The molecule has 1 saturated heterocycles. The highest BCUT2D eigenvalue weighted by atomic mass is 32.2. The van der Waals surface area contributed by atoms with Crippen LogP contribution < -0.4 is 4.74 Å². The lowest BCUT2D eigenvalue weighted by atomic mass is 10.1. The van der Waals surface area contributed by atoms with Gasteiger partial charge < -0.3 is 4.74 Å². The van der Waals surface area contributed by atoms with Crippen molar-refractivity contribution >= 4 is 34.3 Å². The number of hydrogen-bond acceptors (Lipinski definition) is 5. The molecule has 0 saturated carbocycles. The number of benzene rings is 2. The second kappa shape index (κ2) is 8.86. The Kier molecular flexibility index (Phi) is 6.29. The topological polar surface area (TPSA) is 59.0 Å². The van der Waals surface area contributed by atoms with Gasteiger partial charge >= 0.3 is 0 Å². The lowest BCUT2D eigenvalue weighted by Crippen LogP contribution is -2.35. The average Bonchev–Trinajstić information content (AvgIpc) is 3.16. The molecule has 0 N–H and O–H groups in total. The van der Waals surface area contributed by atoms with Gasteiger partial charge in [-0.2, -0.15) is 0 Å². The van der Waals surface area contributed by atoms with E-state index in [-0.39, 0.29) is 18.3 Å². The van der Waals surface area contributed by atoms with E-state index in [9.17, 15) is 9.59 Å². The largest absolute Gasteiger partial charge is 0.484 e. The number of para-hydroxylation sites is 1. The van der Waals surface area contributed by atoms with E-state index in [0.717, 1.165) is 17.0 Å². The van der Waals surface area contributed by atoms with E-state index >= 15 is 0 Å². The Labute approximate surface area is 163 Å². The fourth-order valence-electron chi connectivity index (χ4n) is 2.68. The van der Waals surface area contributed by atoms with E-state index in [0.29, 0.717) is 29.4 Å². The first-order chi connectivity index (χ1) is 13.1. The van der Waals surface area contributed by atoms with Crippen LogP contribution in [0.5, 0.6) is 5.75 Å². The first kappa shape index (κ1) is 19.2. The van der Waals surface area contributed by atoms with Crippen LogP contribution in [0.15, 0.2) is 53.5 Å². The third-order valence-electron chi connectivity index (χ3n) is 4.27. The third kappa shape index (κ3) is 4.77. The smallest absolute Gasteiger partial charge is 0.266 e. The molecule has 5 nitrogen and oxygen atoms in total. The lowest BCUT2D eigenvalue weighted by Gasteiger charge is -2.16. The quantitative estimate of drug-likeness (QED) is 0.702. The molecular weight excluding hydrogens is 360 g/mol. The molecule has 0 bridgehead atoms. The first-order valence-corrected chi connectivity index (χ1v) is 9.90. The number of ketones is 1. The zero-order valence-corrected chi connectivity index (χ0v) is 16.3. The van der Waals surface area contributed by atoms with Crippen molar-refractivity contribution in [3.63, 3.8) is 0 Å². The molecule has 0 spiro atoms. The highest BCUT2D eigenvalue weighted by Gasteiger charge is 2.26. The highest BCUT2D eigenvalue weighted by molar-refractivity contribution is 8.14. The van der Waals surface area contributed by atoms with Crippen molar-refractivity contribution in [2.24, 2.45) is 4.99 Å². The van der Waals surface area contributed by atoms with Crippen molar-refractivity contribution in [3.05, 3.63) is 59.7 Å². The van der Waals surface area contributed by atoms with E-state index in [4.69, 9.17) is 4.74 Å². The van der Waals surface area contributed by atoms with Gasteiger partial charge in [-0.25, -0.2) is 4.99 Å². The molecule has 0 unspecified atom stereocenters. The molecule has 140 valence electrons. The van der Waals surface area contributed by atoms with Gasteiger partial charge in [-0.1, -0.05) is 36.9 Å². The van der Waals surface area contributed by atoms with Crippen molar-refractivity contribution in [3.8, 4) is 5.75 Å². The van der Waals surface area contributed by atoms with Crippen LogP contribution >= 0.6 is 11.8 Å². The zero-order valence-electron chi connectivity index (χ0n) is 15.5. The normalized spacial score (nSPS) is 15.2. The highest BCUT2D eigenvalue weighted by Crippen LogP contribution is 2.25. The number of ether oxygens (including phenoxy) is 1. The Morgan fingerprint density at radius 2 is 1.89 bits per heavy atom. The van der Waals surface area contributed by atoms with Crippen LogP contribution in [-0.2, 0) is 4.79 Å². The monoisotopic (exact) mass is 382 g/mol. The lowest BCUT2D eigenvalue weighted by molar-refractivity contribution is -0.129. The van der Waals surface area contributed by atoms with Crippen LogP contribution in [0.4, 0.5) is 5.69 Å². The van der Waals surface area contributed by atoms with Gasteiger partial charge in [0.1, 0.15) is 5.75 Å². The molecule has 1 heterocycles. The molecule has 1 amide bonds. The molecule has 27 heavy (non-hydrogen) atoms. The van der Waals surface area contributed by atoms with Crippen molar-refractivity contribution in [1.29, 1.82) is 0 Å². The van der Waals surface area contributed by atoms with E-state index in [1.807, 2.05) is 38.1 Å². The summed E-state index contributed by atoms with van der Waals surface area (Å²) >= 11 is 1.57. The van der Waals surface area contributed by atoms with E-state index in [2.05, 4.69) is 4.99 Å². The summed E-state index contributed by atoms with van der Waals surface area (Å²) in [7, 11) is 0. The first-order valence-electron chi connectivity index (χ1n) is 8.92. The Balaban J connectivity index is 1.63. The molecule has 1 fully saturated rings. The Morgan fingerprint density at radius 1 is 1.15 bits per heavy atom. The summed E-state index contributed by atoms with van der Waals surface area (Å²) in [5.41, 5.74) is 2.60. The second-order valence-electron chi connectivity index (χ2n) is 6.16. The Bertz CT molecular complexity index is 862. The number of amides is 1. The third-order valence-corrected chi connectivity index (χ3v) is 5.23. The summed E-state index contributed by atoms with van der Waals surface area (Å²) in [4.78, 5) is 30.6. The molecule has 1 aliphatic heterocycles. The Hall–Kier alpha value is -2.60. The minimum Gasteiger partial charge on any atom is -0.484 e. The molecule has 6 heteroatoms. The van der Waals surface area contributed by atoms with E-state index in [1.165, 1.54) is 0 Å². The van der Waals surface area contributed by atoms with Gasteiger partial charge in [-0.3, -0.25) is 14.5 Å². The van der Waals surface area contributed by atoms with Gasteiger partial charge in [0.2, 0.25) is 0 Å². The van der Waals surface area contributed by atoms with Gasteiger partial charge in [-0.15, -0.1) is 0 Å². The number of rotatable bonds is 6. The number of nitrogens with zero attached hydrogens (tertiary/aromatic N) is 2. The number of amidine groups is 1. The fourth-order valence-corrected chi connectivity index (χ4v) is 3.65. The number of aryl methyl sites for hydroxylation is 1. The van der Waals surface area contributed by atoms with Crippen LogP contribution in [0.2, 0.25) is 0 Å². The van der Waals surface area contributed by atoms with Gasteiger partial charge in [0.25, 0.3) is 5.91 Å². The number of aliphatic imine (C=N–C) groups is 1.